The molecule has 3 aromatic carbocycles. The average molecular weight is 585 g/mol. The van der Waals surface area contributed by atoms with Crippen LogP contribution in [0.4, 0.5) is 4.39 Å². The van der Waals surface area contributed by atoms with Crippen molar-refractivity contribution in [2.75, 3.05) is 0 Å². The van der Waals surface area contributed by atoms with E-state index in [1.165, 1.54) is 36.4 Å². The van der Waals surface area contributed by atoms with E-state index in [2.05, 4.69) is 15.9 Å². The summed E-state index contributed by atoms with van der Waals surface area (Å²) in [4.78, 5) is 12.2. The third-order valence-corrected chi connectivity index (χ3v) is 8.70. The summed E-state index contributed by atoms with van der Waals surface area (Å²) in [5.41, 5.74) is 0.555. The Kier molecular flexibility index (Phi) is 7.17. The number of hydrogen-bond donors (Lipinski definition) is 1. The molecule has 0 amide bonds. The summed E-state index contributed by atoms with van der Waals surface area (Å²) >= 11 is 15.6. The summed E-state index contributed by atoms with van der Waals surface area (Å²) in [5, 5.41) is 10.5. The Morgan fingerprint density at radius 1 is 1.00 bits per heavy atom. The van der Waals surface area contributed by atoms with Gasteiger partial charge in [0.25, 0.3) is 0 Å². The van der Waals surface area contributed by atoms with Crippen LogP contribution in [-0.2, 0) is 14.8 Å². The van der Waals surface area contributed by atoms with Gasteiger partial charge >= 0.3 is 5.97 Å². The highest BCUT2D eigenvalue weighted by atomic mass is 79.9. The minimum atomic E-state index is -4.27. The first kappa shape index (κ1) is 24.9. The highest BCUT2D eigenvalue weighted by Crippen LogP contribution is 2.46. The molecule has 0 bridgehead atoms. The van der Waals surface area contributed by atoms with Crippen molar-refractivity contribution in [1.29, 1.82) is 0 Å². The number of halogens is 4. The molecule has 0 aliphatic carbocycles. The molecule has 4 rings (SSSR count). The molecule has 0 aromatic heterocycles. The number of carboxylic acids is 1. The first-order valence-electron chi connectivity index (χ1n) is 10.0. The third-order valence-electron chi connectivity index (χ3n) is 5.55. The summed E-state index contributed by atoms with van der Waals surface area (Å²) in [6, 6.07) is 13.9. The van der Waals surface area contributed by atoms with E-state index in [-0.39, 0.29) is 27.5 Å². The molecule has 1 aliphatic heterocycles. The minimum absolute atomic E-state index is 0.0335. The van der Waals surface area contributed by atoms with E-state index in [0.29, 0.717) is 15.1 Å². The Morgan fingerprint density at radius 3 is 2.32 bits per heavy atom. The van der Waals surface area contributed by atoms with Crippen molar-refractivity contribution >= 4 is 55.1 Å². The van der Waals surface area contributed by atoms with Gasteiger partial charge in [0.15, 0.2) is 0 Å². The fraction of sp³-hybridized carbons (Fsp3) is 0.125. The predicted octanol–water partition coefficient (Wildman–Crippen LogP) is 6.78. The van der Waals surface area contributed by atoms with Gasteiger partial charge in [0.2, 0.25) is 10.0 Å². The highest BCUT2D eigenvalue weighted by Gasteiger charge is 2.44. The number of hydrogen-bond acceptors (Lipinski definition) is 3. The van der Waals surface area contributed by atoms with E-state index >= 15 is 0 Å². The van der Waals surface area contributed by atoms with Crippen molar-refractivity contribution in [2.24, 2.45) is 0 Å². The van der Waals surface area contributed by atoms with Gasteiger partial charge in [-0.15, -0.1) is 0 Å². The van der Waals surface area contributed by atoms with Gasteiger partial charge in [0, 0.05) is 4.47 Å². The fourth-order valence-corrected chi connectivity index (χ4v) is 6.37. The third kappa shape index (κ3) is 4.78. The maximum absolute atomic E-state index is 14.2. The van der Waals surface area contributed by atoms with Crippen LogP contribution in [0, 0.1) is 5.82 Å². The number of carbonyl (C=O) groups is 1. The zero-order valence-electron chi connectivity index (χ0n) is 17.3. The predicted molar refractivity (Wildman–Crippen MR) is 132 cm³/mol. The number of benzene rings is 3. The number of nitrogens with zero attached hydrogens (tertiary/aromatic N) is 1. The number of sulfonamides is 1. The lowest BCUT2D eigenvalue weighted by molar-refractivity contribution is -0.133. The summed E-state index contributed by atoms with van der Waals surface area (Å²) in [6.07, 6.45) is 1.54. The van der Waals surface area contributed by atoms with Crippen molar-refractivity contribution in [3.63, 3.8) is 0 Å². The van der Waals surface area contributed by atoms with E-state index in [0.717, 1.165) is 10.4 Å². The smallest absolute Gasteiger partial charge is 0.333 e. The molecular weight excluding hydrogens is 568 g/mol. The first-order valence-corrected chi connectivity index (χ1v) is 13.0. The molecule has 0 saturated carbocycles. The maximum Gasteiger partial charge on any atom is 0.333 e. The van der Waals surface area contributed by atoms with Crippen LogP contribution in [0.5, 0.6) is 0 Å². The van der Waals surface area contributed by atoms with Gasteiger partial charge in [-0.25, -0.2) is 17.6 Å². The minimum Gasteiger partial charge on any atom is -0.478 e. The lowest BCUT2D eigenvalue weighted by Crippen LogP contribution is -2.42. The van der Waals surface area contributed by atoms with E-state index < -0.39 is 33.9 Å². The Hall–Kier alpha value is -2.23. The Balaban J connectivity index is 1.99. The molecule has 0 saturated heterocycles. The molecule has 0 spiro atoms. The van der Waals surface area contributed by atoms with E-state index in [4.69, 9.17) is 23.2 Å². The summed E-state index contributed by atoms with van der Waals surface area (Å²) in [7, 11) is -4.27. The van der Waals surface area contributed by atoms with Crippen LogP contribution in [-0.4, -0.2) is 23.8 Å². The summed E-state index contributed by atoms with van der Waals surface area (Å²) in [6.45, 7) is 0. The van der Waals surface area contributed by atoms with Crippen molar-refractivity contribution < 1.29 is 22.7 Å². The van der Waals surface area contributed by atoms with Crippen molar-refractivity contribution in [3.8, 4) is 0 Å². The zero-order valence-corrected chi connectivity index (χ0v) is 21.2. The molecule has 3 aromatic rings. The van der Waals surface area contributed by atoms with Crippen LogP contribution in [0.3, 0.4) is 0 Å². The molecule has 1 aliphatic rings. The lowest BCUT2D eigenvalue weighted by atomic mass is 9.89. The molecular formula is C24H17BrCl2FNO4S. The van der Waals surface area contributed by atoms with Crippen LogP contribution in [0.2, 0.25) is 10.0 Å². The average Bonchev–Trinajstić information content (AvgIpc) is 2.80. The van der Waals surface area contributed by atoms with Gasteiger partial charge < -0.3 is 5.11 Å². The number of rotatable bonds is 5. The van der Waals surface area contributed by atoms with Gasteiger partial charge in [-0.1, -0.05) is 63.4 Å². The monoisotopic (exact) mass is 583 g/mol. The molecule has 34 heavy (non-hydrogen) atoms. The van der Waals surface area contributed by atoms with Gasteiger partial charge in [-0.3, -0.25) is 0 Å². The maximum atomic E-state index is 14.2. The molecule has 1 heterocycles. The van der Waals surface area contributed by atoms with Crippen LogP contribution in [0.15, 0.2) is 87.7 Å². The standard InChI is InChI=1S/C24H17BrCl2FNO4S/c25-16-5-7-18(8-6-16)34(32,33)29-22(14-4-10-20(26)21(27)13-14)11-9-19(24(30)31)23(29)15-2-1-3-17(28)12-15/h1-10,12-13,22-23H,11H2,(H,30,31)/t22-,23-/m0/s1. The molecule has 2 atom stereocenters. The quantitative estimate of drug-likeness (QED) is 0.358. The zero-order chi connectivity index (χ0) is 24.6. The highest BCUT2D eigenvalue weighted by molar-refractivity contribution is 9.10. The fourth-order valence-electron chi connectivity index (χ4n) is 4.02. The molecule has 1 N–H and O–H groups in total. The van der Waals surface area contributed by atoms with Gasteiger partial charge in [-0.05, 0) is 66.1 Å². The summed E-state index contributed by atoms with van der Waals surface area (Å²) < 4.78 is 44.0. The Morgan fingerprint density at radius 2 is 1.71 bits per heavy atom. The normalized spacial score (nSPS) is 19.0. The second-order valence-electron chi connectivity index (χ2n) is 7.64. The molecule has 176 valence electrons. The number of carboxylic acid groups (broad SMARTS) is 1. The van der Waals surface area contributed by atoms with E-state index in [9.17, 15) is 22.7 Å². The number of aliphatic carboxylic acids is 1. The molecule has 0 radical (unpaired) electrons. The first-order chi connectivity index (χ1) is 16.1. The molecule has 0 unspecified atom stereocenters. The van der Waals surface area contributed by atoms with E-state index in [1.54, 1.807) is 30.3 Å². The SMILES string of the molecule is O=C(O)C1=CC[C@@H](c2ccc(Cl)c(Cl)c2)N(S(=O)(=O)c2ccc(Br)cc2)[C@H]1c1cccc(F)c1. The van der Waals surface area contributed by atoms with Crippen LogP contribution in [0.25, 0.3) is 0 Å². The van der Waals surface area contributed by atoms with Crippen LogP contribution >= 0.6 is 39.1 Å². The largest absolute Gasteiger partial charge is 0.478 e. The second kappa shape index (κ2) is 9.79. The molecule has 5 nitrogen and oxygen atoms in total. The van der Waals surface area contributed by atoms with Crippen LogP contribution < -0.4 is 0 Å². The van der Waals surface area contributed by atoms with Gasteiger partial charge in [0.05, 0.1) is 32.6 Å². The van der Waals surface area contributed by atoms with Crippen LogP contribution in [0.1, 0.15) is 29.6 Å². The van der Waals surface area contributed by atoms with Crippen molar-refractivity contribution in [1.82, 2.24) is 4.31 Å². The molecule has 0 fully saturated rings. The topological polar surface area (TPSA) is 74.7 Å². The van der Waals surface area contributed by atoms with E-state index in [1.807, 2.05) is 0 Å². The van der Waals surface area contributed by atoms with Gasteiger partial charge in [-0.2, -0.15) is 4.31 Å². The Bertz CT molecular complexity index is 1400. The lowest BCUT2D eigenvalue weighted by Gasteiger charge is -2.40. The summed E-state index contributed by atoms with van der Waals surface area (Å²) in [5.74, 6) is -1.90. The second-order valence-corrected chi connectivity index (χ2v) is 11.2. The van der Waals surface area contributed by atoms with Crippen molar-refractivity contribution in [2.45, 2.75) is 23.4 Å². The Labute approximate surface area is 214 Å². The molecule has 10 heteroatoms. The van der Waals surface area contributed by atoms with Crippen molar-refractivity contribution in [3.05, 3.63) is 110 Å². The van der Waals surface area contributed by atoms with Gasteiger partial charge in [0.1, 0.15) is 5.82 Å².